The molecule has 0 saturated carbocycles. The molecule has 1 unspecified atom stereocenters. The van der Waals surface area contributed by atoms with Gasteiger partial charge in [0.1, 0.15) is 17.2 Å². The zero-order chi connectivity index (χ0) is 23.6. The van der Waals surface area contributed by atoms with E-state index in [1.165, 1.54) is 0 Å². The number of nitrogens with one attached hydrogen (secondary N) is 3. The van der Waals surface area contributed by atoms with E-state index in [0.29, 0.717) is 35.3 Å². The molecule has 0 aliphatic rings. The van der Waals surface area contributed by atoms with E-state index in [2.05, 4.69) is 43.6 Å². The van der Waals surface area contributed by atoms with E-state index >= 15 is 0 Å². The Hall–Kier alpha value is -3.35. The molecular formula is C27H33N3O3. The number of hydrogen-bond acceptors (Lipinski definition) is 5. The second kappa shape index (κ2) is 12.0. The Morgan fingerprint density at radius 3 is 2.12 bits per heavy atom. The van der Waals surface area contributed by atoms with Crippen molar-refractivity contribution in [2.45, 2.75) is 46.0 Å². The number of benzene rings is 3. The minimum absolute atomic E-state index is 0.185. The maximum atomic E-state index is 12.7. The smallest absolute Gasteiger partial charge is 0.255 e. The van der Waals surface area contributed by atoms with E-state index in [4.69, 9.17) is 9.47 Å². The first kappa shape index (κ1) is 24.3. The van der Waals surface area contributed by atoms with Gasteiger partial charge in [-0.15, -0.1) is 0 Å². The monoisotopic (exact) mass is 447 g/mol. The van der Waals surface area contributed by atoms with E-state index in [9.17, 15) is 4.79 Å². The van der Waals surface area contributed by atoms with Crippen LogP contribution in [0.15, 0.2) is 78.9 Å². The fourth-order valence-electron chi connectivity index (χ4n) is 3.16. The molecule has 0 bridgehead atoms. The zero-order valence-electron chi connectivity index (χ0n) is 19.7. The standard InChI is InChI=1S/C27H33N3O3/c1-19(2)28-18-26(29-20(3)4)33-25-12-8-9-22(17-25)30-27(31)21-13-15-24(16-14-21)32-23-10-6-5-7-11-23/h5-17,19-20,26,28-29H,18H2,1-4H3,(H,30,31). The molecule has 0 aliphatic carbocycles. The molecular weight excluding hydrogens is 414 g/mol. The van der Waals surface area contributed by atoms with Crippen molar-refractivity contribution in [3.63, 3.8) is 0 Å². The molecule has 174 valence electrons. The molecule has 3 N–H and O–H groups in total. The number of carbonyl (C=O) groups excluding carboxylic acids is 1. The molecule has 1 amide bonds. The third-order valence-electron chi connectivity index (χ3n) is 4.70. The molecule has 0 fully saturated rings. The number of carbonyl (C=O) groups is 1. The minimum Gasteiger partial charge on any atom is -0.474 e. The topological polar surface area (TPSA) is 71.6 Å². The Morgan fingerprint density at radius 1 is 0.788 bits per heavy atom. The first-order valence-electron chi connectivity index (χ1n) is 11.3. The maximum absolute atomic E-state index is 12.7. The summed E-state index contributed by atoms with van der Waals surface area (Å²) < 4.78 is 11.9. The van der Waals surface area contributed by atoms with Crippen LogP contribution >= 0.6 is 0 Å². The van der Waals surface area contributed by atoms with Crippen molar-refractivity contribution in [1.82, 2.24) is 10.6 Å². The Kier molecular flexibility index (Phi) is 8.87. The first-order valence-corrected chi connectivity index (χ1v) is 11.3. The van der Waals surface area contributed by atoms with E-state index in [-0.39, 0.29) is 18.2 Å². The lowest BCUT2D eigenvalue weighted by Crippen LogP contribution is -2.47. The van der Waals surface area contributed by atoms with Gasteiger partial charge in [-0.1, -0.05) is 38.1 Å². The lowest BCUT2D eigenvalue weighted by Gasteiger charge is -2.24. The highest BCUT2D eigenvalue weighted by Gasteiger charge is 2.13. The van der Waals surface area contributed by atoms with Crippen molar-refractivity contribution < 1.29 is 14.3 Å². The van der Waals surface area contributed by atoms with Gasteiger partial charge in [0, 0.05) is 35.9 Å². The van der Waals surface area contributed by atoms with Gasteiger partial charge in [-0.25, -0.2) is 0 Å². The predicted octanol–water partition coefficient (Wildman–Crippen LogP) is 5.43. The normalized spacial score (nSPS) is 11.9. The molecule has 6 heteroatoms. The summed E-state index contributed by atoms with van der Waals surface area (Å²) in [5.41, 5.74) is 1.21. The third-order valence-corrected chi connectivity index (χ3v) is 4.70. The van der Waals surface area contributed by atoms with Crippen LogP contribution in [0.2, 0.25) is 0 Å². The molecule has 33 heavy (non-hydrogen) atoms. The lowest BCUT2D eigenvalue weighted by molar-refractivity contribution is 0.102. The van der Waals surface area contributed by atoms with Crippen LogP contribution in [0.25, 0.3) is 0 Å². The Bertz CT molecular complexity index is 1000. The summed E-state index contributed by atoms with van der Waals surface area (Å²) >= 11 is 0. The van der Waals surface area contributed by atoms with Crippen LogP contribution in [0.5, 0.6) is 17.2 Å². The number of rotatable bonds is 11. The molecule has 3 aromatic carbocycles. The predicted molar refractivity (Wildman–Crippen MR) is 133 cm³/mol. The molecule has 0 saturated heterocycles. The number of ether oxygens (including phenoxy) is 2. The summed E-state index contributed by atoms with van der Waals surface area (Å²) in [7, 11) is 0. The Labute approximate surface area is 196 Å². The number of para-hydroxylation sites is 1. The second-order valence-electron chi connectivity index (χ2n) is 8.41. The van der Waals surface area contributed by atoms with Crippen LogP contribution in [-0.4, -0.2) is 30.8 Å². The van der Waals surface area contributed by atoms with Crippen LogP contribution in [-0.2, 0) is 0 Å². The summed E-state index contributed by atoms with van der Waals surface area (Å²) in [6, 6.07) is 24.6. The quantitative estimate of drug-likeness (QED) is 0.342. The van der Waals surface area contributed by atoms with Crippen molar-refractivity contribution >= 4 is 11.6 Å². The molecule has 0 radical (unpaired) electrons. The largest absolute Gasteiger partial charge is 0.474 e. The molecule has 3 aromatic rings. The van der Waals surface area contributed by atoms with Crippen molar-refractivity contribution in [1.29, 1.82) is 0 Å². The minimum atomic E-state index is -0.197. The van der Waals surface area contributed by atoms with Crippen molar-refractivity contribution in [3.8, 4) is 17.2 Å². The average molecular weight is 448 g/mol. The Balaban J connectivity index is 1.61. The van der Waals surface area contributed by atoms with Crippen LogP contribution in [0, 0.1) is 0 Å². The van der Waals surface area contributed by atoms with Crippen molar-refractivity contribution in [3.05, 3.63) is 84.4 Å². The first-order chi connectivity index (χ1) is 15.9. The SMILES string of the molecule is CC(C)NCC(NC(C)C)Oc1cccc(NC(=O)c2ccc(Oc3ccccc3)cc2)c1. The van der Waals surface area contributed by atoms with Gasteiger partial charge < -0.3 is 20.1 Å². The van der Waals surface area contributed by atoms with Gasteiger partial charge in [-0.2, -0.15) is 0 Å². The summed E-state index contributed by atoms with van der Waals surface area (Å²) in [6.45, 7) is 9.03. The highest BCUT2D eigenvalue weighted by atomic mass is 16.5. The zero-order valence-corrected chi connectivity index (χ0v) is 19.7. The maximum Gasteiger partial charge on any atom is 0.255 e. The third kappa shape index (κ3) is 8.25. The summed E-state index contributed by atoms with van der Waals surface area (Å²) in [4.78, 5) is 12.7. The van der Waals surface area contributed by atoms with Crippen LogP contribution in [0.3, 0.4) is 0 Å². The molecule has 0 spiro atoms. The van der Waals surface area contributed by atoms with Gasteiger partial charge in [0.2, 0.25) is 0 Å². The van der Waals surface area contributed by atoms with E-state index in [0.717, 1.165) is 5.75 Å². The summed E-state index contributed by atoms with van der Waals surface area (Å²) in [6.07, 6.45) is -0.185. The number of amides is 1. The summed E-state index contributed by atoms with van der Waals surface area (Å²) in [5.74, 6) is 1.91. The number of hydrogen-bond donors (Lipinski definition) is 3. The molecule has 6 nitrogen and oxygen atoms in total. The van der Waals surface area contributed by atoms with Gasteiger partial charge >= 0.3 is 0 Å². The van der Waals surface area contributed by atoms with E-state index in [1.54, 1.807) is 24.3 Å². The van der Waals surface area contributed by atoms with Crippen LogP contribution < -0.4 is 25.4 Å². The summed E-state index contributed by atoms with van der Waals surface area (Å²) in [5, 5.41) is 9.74. The van der Waals surface area contributed by atoms with Gasteiger partial charge in [-0.3, -0.25) is 10.1 Å². The van der Waals surface area contributed by atoms with E-state index in [1.807, 2.05) is 54.6 Å². The average Bonchev–Trinajstić information content (AvgIpc) is 2.78. The fourth-order valence-corrected chi connectivity index (χ4v) is 3.16. The van der Waals surface area contributed by atoms with Crippen LogP contribution in [0.1, 0.15) is 38.1 Å². The van der Waals surface area contributed by atoms with E-state index < -0.39 is 0 Å². The fraction of sp³-hybridized carbons (Fsp3) is 0.296. The van der Waals surface area contributed by atoms with Crippen LogP contribution in [0.4, 0.5) is 5.69 Å². The molecule has 0 aromatic heterocycles. The lowest BCUT2D eigenvalue weighted by atomic mass is 10.2. The molecule has 0 heterocycles. The highest BCUT2D eigenvalue weighted by Crippen LogP contribution is 2.22. The van der Waals surface area contributed by atoms with Crippen molar-refractivity contribution in [2.75, 3.05) is 11.9 Å². The Morgan fingerprint density at radius 2 is 1.45 bits per heavy atom. The second-order valence-corrected chi connectivity index (χ2v) is 8.41. The van der Waals surface area contributed by atoms with Gasteiger partial charge in [-0.05, 0) is 62.4 Å². The number of anilines is 1. The highest BCUT2D eigenvalue weighted by molar-refractivity contribution is 6.04. The van der Waals surface area contributed by atoms with Gasteiger partial charge in [0.25, 0.3) is 5.91 Å². The van der Waals surface area contributed by atoms with Gasteiger partial charge in [0.15, 0.2) is 6.23 Å². The molecule has 0 aliphatic heterocycles. The molecule has 1 atom stereocenters. The molecule has 3 rings (SSSR count). The van der Waals surface area contributed by atoms with Crippen molar-refractivity contribution in [2.24, 2.45) is 0 Å². The van der Waals surface area contributed by atoms with Gasteiger partial charge in [0.05, 0.1) is 0 Å².